The normalized spacial score (nSPS) is 19.6. The van der Waals surface area contributed by atoms with E-state index in [0.29, 0.717) is 12.8 Å². The molecule has 2 aromatic carbocycles. The smallest absolute Gasteiger partial charge is 0.244 e. The van der Waals surface area contributed by atoms with Crippen molar-refractivity contribution in [3.05, 3.63) is 64.1 Å². The minimum Gasteiger partial charge on any atom is -0.497 e. The number of carbonyl (C=O) groups excluding carboxylic acids is 1. The number of amides is 1. The number of hydrazone groups is 1. The van der Waals surface area contributed by atoms with E-state index >= 15 is 0 Å². The van der Waals surface area contributed by atoms with Gasteiger partial charge in [0.05, 0.1) is 18.9 Å². The summed E-state index contributed by atoms with van der Waals surface area (Å²) in [6.07, 6.45) is 4.99. The van der Waals surface area contributed by atoms with Crippen molar-refractivity contribution in [3.8, 4) is 5.75 Å². The second kappa shape index (κ2) is 9.75. The molecular formula is C24H28BrN3O2. The highest BCUT2D eigenvalue weighted by atomic mass is 79.9. The van der Waals surface area contributed by atoms with Gasteiger partial charge in [-0.25, -0.2) is 5.01 Å². The molecule has 0 spiro atoms. The van der Waals surface area contributed by atoms with Gasteiger partial charge in [-0.15, -0.1) is 0 Å². The molecule has 2 aliphatic heterocycles. The Labute approximate surface area is 186 Å². The number of halogens is 1. The molecule has 2 heterocycles. The molecule has 0 unspecified atom stereocenters. The van der Waals surface area contributed by atoms with Crippen LogP contribution in [0.25, 0.3) is 0 Å². The standard InChI is InChI=1S/C24H28BrN3O2/c1-30-21-11-7-19(8-12-21)23-17-22(18-5-9-20(25)10-6-18)26-28(23)24(29)13-16-27-14-3-2-4-15-27/h5-12,23H,2-4,13-17H2,1H3/t23-/m0/s1. The van der Waals surface area contributed by atoms with Crippen molar-refractivity contribution in [1.29, 1.82) is 0 Å². The summed E-state index contributed by atoms with van der Waals surface area (Å²) >= 11 is 3.49. The molecule has 0 aliphatic carbocycles. The maximum absolute atomic E-state index is 13.2. The van der Waals surface area contributed by atoms with Gasteiger partial charge in [-0.2, -0.15) is 5.10 Å². The van der Waals surface area contributed by atoms with Gasteiger partial charge in [0.1, 0.15) is 5.75 Å². The lowest BCUT2D eigenvalue weighted by atomic mass is 9.98. The fraction of sp³-hybridized carbons (Fsp3) is 0.417. The van der Waals surface area contributed by atoms with Crippen LogP contribution in [0.3, 0.4) is 0 Å². The van der Waals surface area contributed by atoms with Gasteiger partial charge in [0.15, 0.2) is 0 Å². The minimum atomic E-state index is -0.0802. The molecule has 0 aromatic heterocycles. The molecule has 1 fully saturated rings. The monoisotopic (exact) mass is 469 g/mol. The Morgan fingerprint density at radius 2 is 1.77 bits per heavy atom. The number of carbonyl (C=O) groups is 1. The Morgan fingerprint density at radius 1 is 1.07 bits per heavy atom. The Hall–Kier alpha value is -2.18. The molecule has 0 radical (unpaired) electrons. The van der Waals surface area contributed by atoms with E-state index in [0.717, 1.165) is 46.7 Å². The van der Waals surface area contributed by atoms with Crippen molar-refractivity contribution in [2.75, 3.05) is 26.7 Å². The first kappa shape index (κ1) is 21.1. The summed E-state index contributed by atoms with van der Waals surface area (Å²) in [5.74, 6) is 0.905. The fourth-order valence-corrected chi connectivity index (χ4v) is 4.46. The molecule has 2 aliphatic rings. The summed E-state index contributed by atoms with van der Waals surface area (Å²) in [6.45, 7) is 3.01. The highest BCUT2D eigenvalue weighted by Crippen LogP contribution is 2.34. The molecule has 1 saturated heterocycles. The lowest BCUT2D eigenvalue weighted by Gasteiger charge is -2.27. The number of hydrogen-bond acceptors (Lipinski definition) is 4. The van der Waals surface area contributed by atoms with E-state index in [1.54, 1.807) is 12.1 Å². The summed E-state index contributed by atoms with van der Waals surface area (Å²) in [4.78, 5) is 15.6. The Morgan fingerprint density at radius 3 is 2.43 bits per heavy atom. The van der Waals surface area contributed by atoms with E-state index in [2.05, 4.69) is 33.0 Å². The quantitative estimate of drug-likeness (QED) is 0.596. The summed E-state index contributed by atoms with van der Waals surface area (Å²) in [6, 6.07) is 16.0. The van der Waals surface area contributed by atoms with Gasteiger partial charge >= 0.3 is 0 Å². The molecule has 6 heteroatoms. The van der Waals surface area contributed by atoms with E-state index in [-0.39, 0.29) is 11.9 Å². The molecule has 158 valence electrons. The fourth-order valence-electron chi connectivity index (χ4n) is 4.19. The largest absolute Gasteiger partial charge is 0.497 e. The average Bonchev–Trinajstić information content (AvgIpc) is 3.24. The van der Waals surface area contributed by atoms with E-state index in [4.69, 9.17) is 9.84 Å². The van der Waals surface area contributed by atoms with Crippen LogP contribution in [0.15, 0.2) is 58.1 Å². The second-order valence-electron chi connectivity index (χ2n) is 7.94. The van der Waals surface area contributed by atoms with Crippen LogP contribution in [0.2, 0.25) is 0 Å². The summed E-state index contributed by atoms with van der Waals surface area (Å²) in [5.41, 5.74) is 3.09. The summed E-state index contributed by atoms with van der Waals surface area (Å²) < 4.78 is 6.33. The third kappa shape index (κ3) is 4.93. The minimum absolute atomic E-state index is 0.0802. The molecule has 0 saturated carbocycles. The molecule has 30 heavy (non-hydrogen) atoms. The molecule has 1 atom stereocenters. The Kier molecular flexibility index (Phi) is 6.85. The third-order valence-corrected chi connectivity index (χ3v) is 6.46. The number of hydrogen-bond donors (Lipinski definition) is 0. The number of piperidine rings is 1. The van der Waals surface area contributed by atoms with Gasteiger partial charge < -0.3 is 9.64 Å². The van der Waals surface area contributed by atoms with Gasteiger partial charge in [-0.1, -0.05) is 46.6 Å². The SMILES string of the molecule is COc1ccc([C@@H]2CC(c3ccc(Br)cc3)=NN2C(=O)CCN2CCCCC2)cc1. The number of likely N-dealkylation sites (tertiary alicyclic amines) is 1. The first-order valence-electron chi connectivity index (χ1n) is 10.7. The predicted octanol–water partition coefficient (Wildman–Crippen LogP) is 5.01. The molecule has 2 aromatic rings. The average molecular weight is 470 g/mol. The maximum atomic E-state index is 13.2. The number of rotatable bonds is 6. The molecular weight excluding hydrogens is 442 g/mol. The van der Waals surface area contributed by atoms with Crippen molar-refractivity contribution in [3.63, 3.8) is 0 Å². The van der Waals surface area contributed by atoms with Crippen LogP contribution < -0.4 is 4.74 Å². The number of benzene rings is 2. The number of nitrogens with zero attached hydrogens (tertiary/aromatic N) is 3. The zero-order valence-electron chi connectivity index (χ0n) is 17.4. The number of methoxy groups -OCH3 is 1. The van der Waals surface area contributed by atoms with Crippen LogP contribution in [0.4, 0.5) is 0 Å². The molecule has 0 N–H and O–H groups in total. The Balaban J connectivity index is 1.53. The molecule has 5 nitrogen and oxygen atoms in total. The van der Waals surface area contributed by atoms with Crippen LogP contribution in [0.5, 0.6) is 5.75 Å². The first-order chi connectivity index (χ1) is 14.6. The molecule has 1 amide bonds. The van der Waals surface area contributed by atoms with E-state index < -0.39 is 0 Å². The van der Waals surface area contributed by atoms with Crippen LogP contribution in [-0.4, -0.2) is 48.3 Å². The zero-order chi connectivity index (χ0) is 20.9. The van der Waals surface area contributed by atoms with Crippen molar-refractivity contribution in [2.24, 2.45) is 5.10 Å². The lowest BCUT2D eigenvalue weighted by Crippen LogP contribution is -2.35. The van der Waals surface area contributed by atoms with Crippen LogP contribution in [0, 0.1) is 0 Å². The van der Waals surface area contributed by atoms with Crippen molar-refractivity contribution in [2.45, 2.75) is 38.1 Å². The second-order valence-corrected chi connectivity index (χ2v) is 8.85. The summed E-state index contributed by atoms with van der Waals surface area (Å²) in [5, 5.41) is 6.50. The lowest BCUT2D eigenvalue weighted by molar-refractivity contribution is -0.133. The summed E-state index contributed by atoms with van der Waals surface area (Å²) in [7, 11) is 1.66. The first-order valence-corrected chi connectivity index (χ1v) is 11.4. The van der Waals surface area contributed by atoms with E-state index in [1.807, 2.05) is 36.4 Å². The third-order valence-electron chi connectivity index (χ3n) is 5.93. The van der Waals surface area contributed by atoms with Crippen LogP contribution in [-0.2, 0) is 4.79 Å². The topological polar surface area (TPSA) is 45.1 Å². The van der Waals surface area contributed by atoms with Crippen LogP contribution in [0.1, 0.15) is 49.3 Å². The van der Waals surface area contributed by atoms with Crippen LogP contribution >= 0.6 is 15.9 Å². The molecule has 4 rings (SSSR count). The number of ether oxygens (including phenoxy) is 1. The molecule has 0 bridgehead atoms. The Bertz CT molecular complexity index is 890. The predicted molar refractivity (Wildman–Crippen MR) is 123 cm³/mol. The van der Waals surface area contributed by atoms with E-state index in [1.165, 1.54) is 19.3 Å². The van der Waals surface area contributed by atoms with E-state index in [9.17, 15) is 4.79 Å². The van der Waals surface area contributed by atoms with Crippen molar-refractivity contribution in [1.82, 2.24) is 9.91 Å². The van der Waals surface area contributed by atoms with Gasteiger partial charge in [0.2, 0.25) is 5.91 Å². The van der Waals surface area contributed by atoms with Gasteiger partial charge in [-0.3, -0.25) is 4.79 Å². The van der Waals surface area contributed by atoms with Crippen molar-refractivity contribution < 1.29 is 9.53 Å². The highest BCUT2D eigenvalue weighted by Gasteiger charge is 2.33. The highest BCUT2D eigenvalue weighted by molar-refractivity contribution is 9.10. The van der Waals surface area contributed by atoms with Gasteiger partial charge in [0, 0.05) is 23.9 Å². The zero-order valence-corrected chi connectivity index (χ0v) is 19.0. The van der Waals surface area contributed by atoms with Gasteiger partial charge in [0.25, 0.3) is 0 Å². The maximum Gasteiger partial charge on any atom is 0.244 e. The van der Waals surface area contributed by atoms with Crippen molar-refractivity contribution >= 4 is 27.5 Å². The van der Waals surface area contributed by atoms with Gasteiger partial charge in [-0.05, 0) is 61.3 Å².